The zero-order chi connectivity index (χ0) is 15.4. The van der Waals surface area contributed by atoms with Crippen LogP contribution in [0.15, 0.2) is 24.5 Å². The molecule has 0 aromatic carbocycles. The maximum Gasteiger partial charge on any atom is 0.242 e. The van der Waals surface area contributed by atoms with E-state index >= 15 is 0 Å². The third-order valence-corrected chi connectivity index (χ3v) is 4.66. The zero-order valence-electron chi connectivity index (χ0n) is 12.9. The normalized spacial score (nSPS) is 22.7. The van der Waals surface area contributed by atoms with E-state index in [0.29, 0.717) is 6.42 Å². The Hall–Kier alpha value is -1.91. The van der Waals surface area contributed by atoms with Gasteiger partial charge in [0.05, 0.1) is 12.6 Å². The Morgan fingerprint density at radius 3 is 2.77 bits per heavy atom. The average molecular weight is 301 g/mol. The van der Waals surface area contributed by atoms with E-state index in [1.807, 2.05) is 17.0 Å². The van der Waals surface area contributed by atoms with Crippen LogP contribution in [0.3, 0.4) is 0 Å². The second-order valence-corrected chi connectivity index (χ2v) is 6.15. The fourth-order valence-corrected chi connectivity index (χ4v) is 3.46. The van der Waals surface area contributed by atoms with Crippen molar-refractivity contribution < 1.29 is 9.59 Å². The molecule has 0 unspecified atom stereocenters. The van der Waals surface area contributed by atoms with Gasteiger partial charge in [0.15, 0.2) is 0 Å². The third kappa shape index (κ3) is 3.29. The van der Waals surface area contributed by atoms with Crippen LogP contribution in [0.25, 0.3) is 0 Å². The van der Waals surface area contributed by atoms with Gasteiger partial charge in [0.25, 0.3) is 0 Å². The lowest BCUT2D eigenvalue weighted by molar-refractivity contribution is -0.140. The van der Waals surface area contributed by atoms with Gasteiger partial charge >= 0.3 is 0 Å². The highest BCUT2D eigenvalue weighted by Crippen LogP contribution is 2.31. The third-order valence-electron chi connectivity index (χ3n) is 4.66. The number of carbonyl (C=O) groups is 2. The lowest BCUT2D eigenvalue weighted by atomic mass is 10.1. The van der Waals surface area contributed by atoms with Crippen LogP contribution in [-0.4, -0.2) is 46.2 Å². The van der Waals surface area contributed by atoms with Crippen molar-refractivity contribution in [2.75, 3.05) is 19.6 Å². The monoisotopic (exact) mass is 301 g/mol. The topological polar surface area (TPSA) is 53.5 Å². The highest BCUT2D eigenvalue weighted by molar-refractivity contribution is 5.85. The molecule has 2 saturated heterocycles. The Balaban J connectivity index is 1.67. The van der Waals surface area contributed by atoms with Crippen LogP contribution in [0.4, 0.5) is 0 Å². The van der Waals surface area contributed by atoms with Crippen molar-refractivity contribution in [3.8, 4) is 0 Å². The number of likely N-dealkylation sites (tertiary alicyclic amines) is 2. The summed E-state index contributed by atoms with van der Waals surface area (Å²) in [5, 5.41) is 0. The van der Waals surface area contributed by atoms with Crippen LogP contribution >= 0.6 is 0 Å². The van der Waals surface area contributed by atoms with Crippen molar-refractivity contribution in [3.05, 3.63) is 30.1 Å². The van der Waals surface area contributed by atoms with Crippen LogP contribution in [0, 0.1) is 0 Å². The maximum atomic E-state index is 12.7. The van der Waals surface area contributed by atoms with E-state index in [1.54, 1.807) is 17.3 Å². The molecular weight excluding hydrogens is 278 g/mol. The quantitative estimate of drug-likeness (QED) is 0.859. The van der Waals surface area contributed by atoms with Crippen molar-refractivity contribution in [2.45, 2.75) is 44.6 Å². The lowest BCUT2D eigenvalue weighted by Crippen LogP contribution is -2.42. The fourth-order valence-electron chi connectivity index (χ4n) is 3.46. The number of rotatable bonds is 3. The van der Waals surface area contributed by atoms with Crippen molar-refractivity contribution >= 4 is 11.8 Å². The Morgan fingerprint density at radius 1 is 1.14 bits per heavy atom. The van der Waals surface area contributed by atoms with Crippen LogP contribution in [0.2, 0.25) is 0 Å². The molecule has 0 bridgehead atoms. The summed E-state index contributed by atoms with van der Waals surface area (Å²) >= 11 is 0. The molecule has 2 aliphatic rings. The lowest BCUT2D eigenvalue weighted by Gasteiger charge is -2.28. The molecule has 3 rings (SSSR count). The number of carbonyl (C=O) groups excluding carboxylic acids is 2. The van der Waals surface area contributed by atoms with Gasteiger partial charge in [-0.25, -0.2) is 0 Å². The van der Waals surface area contributed by atoms with E-state index in [0.717, 1.165) is 50.8 Å². The Bertz CT molecular complexity index is 532. The molecule has 2 fully saturated rings. The molecule has 118 valence electrons. The standard InChI is InChI=1S/C17H23N3O2/c21-16-6-2-1-3-11-19(16)13-17(22)20-12-4-5-15(20)14-7-9-18-10-8-14/h7-10,15H,1-6,11-13H2/t15-/m1/s1. The first-order valence-corrected chi connectivity index (χ1v) is 8.23. The van der Waals surface area contributed by atoms with E-state index in [1.165, 1.54) is 0 Å². The fraction of sp³-hybridized carbons (Fsp3) is 0.588. The van der Waals surface area contributed by atoms with Crippen molar-refractivity contribution in [1.82, 2.24) is 14.8 Å². The van der Waals surface area contributed by atoms with Gasteiger partial charge in [-0.2, -0.15) is 0 Å². The van der Waals surface area contributed by atoms with Crippen molar-refractivity contribution in [2.24, 2.45) is 0 Å². The summed E-state index contributed by atoms with van der Waals surface area (Å²) in [6.45, 7) is 1.74. The van der Waals surface area contributed by atoms with Gasteiger partial charge < -0.3 is 9.80 Å². The van der Waals surface area contributed by atoms with Gasteiger partial charge in [-0.1, -0.05) is 6.42 Å². The number of aromatic nitrogens is 1. The van der Waals surface area contributed by atoms with Crippen molar-refractivity contribution in [1.29, 1.82) is 0 Å². The predicted molar refractivity (Wildman–Crippen MR) is 83.0 cm³/mol. The summed E-state index contributed by atoms with van der Waals surface area (Å²) in [5.41, 5.74) is 1.14. The van der Waals surface area contributed by atoms with E-state index in [4.69, 9.17) is 0 Å². The van der Waals surface area contributed by atoms with Gasteiger partial charge in [0.1, 0.15) is 0 Å². The first-order valence-electron chi connectivity index (χ1n) is 8.23. The first-order chi connectivity index (χ1) is 10.8. The van der Waals surface area contributed by atoms with Gasteiger partial charge in [-0.15, -0.1) is 0 Å². The Labute approximate surface area is 131 Å². The second kappa shape index (κ2) is 6.90. The molecule has 0 aliphatic carbocycles. The zero-order valence-corrected chi connectivity index (χ0v) is 12.9. The summed E-state index contributed by atoms with van der Waals surface area (Å²) in [7, 11) is 0. The number of hydrogen-bond donors (Lipinski definition) is 0. The minimum absolute atomic E-state index is 0.0783. The van der Waals surface area contributed by atoms with E-state index in [2.05, 4.69) is 4.98 Å². The molecule has 0 spiro atoms. The molecule has 2 amide bonds. The van der Waals surface area contributed by atoms with Gasteiger partial charge in [0, 0.05) is 31.9 Å². The van der Waals surface area contributed by atoms with Gasteiger partial charge in [0.2, 0.25) is 11.8 Å². The average Bonchev–Trinajstić information content (AvgIpc) is 2.95. The minimum atomic E-state index is 0.0783. The molecule has 5 heteroatoms. The number of nitrogens with zero attached hydrogens (tertiary/aromatic N) is 3. The summed E-state index contributed by atoms with van der Waals surface area (Å²) in [6.07, 6.45) is 9.18. The van der Waals surface area contributed by atoms with E-state index in [9.17, 15) is 9.59 Å². The maximum absolute atomic E-state index is 12.7. The summed E-state index contributed by atoms with van der Waals surface area (Å²) in [6, 6.07) is 4.10. The van der Waals surface area contributed by atoms with Gasteiger partial charge in [-0.05, 0) is 43.4 Å². The second-order valence-electron chi connectivity index (χ2n) is 6.15. The highest BCUT2D eigenvalue weighted by atomic mass is 16.2. The SMILES string of the molecule is O=C1CCCCCN1CC(=O)N1CCC[C@@H]1c1ccncc1. The molecule has 0 saturated carbocycles. The van der Waals surface area contributed by atoms with Crippen LogP contribution in [-0.2, 0) is 9.59 Å². The predicted octanol–water partition coefficient (Wildman–Crippen LogP) is 2.15. The number of amides is 2. The molecule has 3 heterocycles. The molecule has 1 aromatic rings. The highest BCUT2D eigenvalue weighted by Gasteiger charge is 2.31. The van der Waals surface area contributed by atoms with Crippen molar-refractivity contribution in [3.63, 3.8) is 0 Å². The summed E-state index contributed by atoms with van der Waals surface area (Å²) in [5.74, 6) is 0.208. The van der Waals surface area contributed by atoms with Crippen LogP contribution in [0.5, 0.6) is 0 Å². The smallest absolute Gasteiger partial charge is 0.242 e. The molecule has 5 nitrogen and oxygen atoms in total. The number of hydrogen-bond acceptors (Lipinski definition) is 3. The van der Waals surface area contributed by atoms with Gasteiger partial charge in [-0.3, -0.25) is 14.6 Å². The molecule has 2 aliphatic heterocycles. The molecule has 1 aromatic heterocycles. The van der Waals surface area contributed by atoms with E-state index in [-0.39, 0.29) is 24.4 Å². The molecule has 0 N–H and O–H groups in total. The molecule has 1 atom stereocenters. The van der Waals surface area contributed by atoms with Crippen LogP contribution < -0.4 is 0 Å². The first kappa shape index (κ1) is 15.0. The van der Waals surface area contributed by atoms with E-state index < -0.39 is 0 Å². The molecule has 0 radical (unpaired) electrons. The summed E-state index contributed by atoms with van der Waals surface area (Å²) < 4.78 is 0. The summed E-state index contributed by atoms with van der Waals surface area (Å²) in [4.78, 5) is 32.5. The minimum Gasteiger partial charge on any atom is -0.334 e. The molecule has 22 heavy (non-hydrogen) atoms. The largest absolute Gasteiger partial charge is 0.334 e. The Morgan fingerprint density at radius 2 is 1.95 bits per heavy atom. The Kier molecular flexibility index (Phi) is 4.71. The van der Waals surface area contributed by atoms with Crippen LogP contribution in [0.1, 0.15) is 50.1 Å². The molecular formula is C17H23N3O2. The number of pyridine rings is 1.